The average Bonchev–Trinajstić information content (AvgIpc) is 2.81. The summed E-state index contributed by atoms with van der Waals surface area (Å²) in [6, 6.07) is 4.41. The Balaban J connectivity index is 1.39. The molecule has 2 saturated carbocycles. The Labute approximate surface area is 195 Å². The van der Waals surface area contributed by atoms with E-state index in [2.05, 4.69) is 13.8 Å². The molecule has 178 valence electrons. The highest BCUT2D eigenvalue weighted by Crippen LogP contribution is 2.45. The van der Waals surface area contributed by atoms with Crippen molar-refractivity contribution in [2.45, 2.75) is 116 Å². The molecule has 32 heavy (non-hydrogen) atoms. The van der Waals surface area contributed by atoms with Crippen molar-refractivity contribution in [3.63, 3.8) is 0 Å². The minimum atomic E-state index is -0.712. The summed E-state index contributed by atoms with van der Waals surface area (Å²) in [4.78, 5) is 0. The van der Waals surface area contributed by atoms with E-state index in [1.165, 1.54) is 82.8 Å². The monoisotopic (exact) mass is 443 g/mol. The van der Waals surface area contributed by atoms with E-state index < -0.39 is 17.2 Å². The summed E-state index contributed by atoms with van der Waals surface area (Å²) >= 11 is 0. The molecule has 0 heterocycles. The third kappa shape index (κ3) is 6.79. The normalized spacial score (nSPS) is 27.1. The van der Waals surface area contributed by atoms with Crippen LogP contribution in [0.4, 0.5) is 8.78 Å². The van der Waals surface area contributed by atoms with Crippen molar-refractivity contribution < 1.29 is 8.78 Å². The van der Waals surface area contributed by atoms with Crippen molar-refractivity contribution in [3.05, 3.63) is 34.9 Å². The molecule has 0 radical (unpaired) electrons. The van der Waals surface area contributed by atoms with Gasteiger partial charge < -0.3 is 0 Å². The van der Waals surface area contributed by atoms with Crippen LogP contribution in [0.2, 0.25) is 0 Å². The minimum Gasteiger partial charge on any atom is -0.205 e. The Bertz CT molecular complexity index is 713. The van der Waals surface area contributed by atoms with E-state index in [0.29, 0.717) is 0 Å². The molecular formula is C29H43F2N. The van der Waals surface area contributed by atoms with E-state index in [9.17, 15) is 8.78 Å². The Morgan fingerprint density at radius 1 is 0.844 bits per heavy atom. The van der Waals surface area contributed by atoms with E-state index in [0.717, 1.165) is 54.9 Å². The summed E-state index contributed by atoms with van der Waals surface area (Å²) in [7, 11) is 0. The number of unbranched alkanes of at least 4 members (excludes halogenated alkanes) is 5. The quantitative estimate of drug-likeness (QED) is 0.330. The molecule has 2 aliphatic carbocycles. The van der Waals surface area contributed by atoms with Gasteiger partial charge in [-0.1, -0.05) is 71.6 Å². The summed E-state index contributed by atoms with van der Waals surface area (Å²) in [5.74, 6) is 2.14. The van der Waals surface area contributed by atoms with Crippen LogP contribution in [0.15, 0.2) is 12.1 Å². The first-order valence-electron chi connectivity index (χ1n) is 13.4. The molecule has 1 aromatic carbocycles. The summed E-state index contributed by atoms with van der Waals surface area (Å²) in [5.41, 5.74) is 0.281. The Kier molecular flexibility index (Phi) is 10.0. The first-order chi connectivity index (χ1) is 15.5. The predicted molar refractivity (Wildman–Crippen MR) is 128 cm³/mol. The molecule has 0 amide bonds. The van der Waals surface area contributed by atoms with Gasteiger partial charge in [-0.3, -0.25) is 0 Å². The van der Waals surface area contributed by atoms with Gasteiger partial charge in [0.2, 0.25) is 0 Å². The summed E-state index contributed by atoms with van der Waals surface area (Å²) < 4.78 is 28.1. The highest BCUT2D eigenvalue weighted by molar-refractivity contribution is 5.36. The van der Waals surface area contributed by atoms with Crippen LogP contribution in [0.1, 0.15) is 127 Å². The summed E-state index contributed by atoms with van der Waals surface area (Å²) in [6.07, 6.45) is 19.8. The lowest BCUT2D eigenvalue weighted by atomic mass is 9.66. The number of hydrogen-bond donors (Lipinski definition) is 0. The van der Waals surface area contributed by atoms with Gasteiger partial charge in [-0.05, 0) is 85.8 Å². The first kappa shape index (κ1) is 25.2. The van der Waals surface area contributed by atoms with Crippen LogP contribution in [-0.2, 0) is 0 Å². The topological polar surface area (TPSA) is 23.8 Å². The zero-order valence-electron chi connectivity index (χ0n) is 20.4. The molecule has 1 aromatic rings. The van der Waals surface area contributed by atoms with Crippen LogP contribution in [0.5, 0.6) is 0 Å². The maximum Gasteiger partial charge on any atom is 0.144 e. The molecular weight excluding hydrogens is 400 g/mol. The minimum absolute atomic E-state index is 0.225. The van der Waals surface area contributed by atoms with Gasteiger partial charge in [-0.15, -0.1) is 0 Å². The van der Waals surface area contributed by atoms with Gasteiger partial charge in [0, 0.05) is 0 Å². The lowest BCUT2D eigenvalue weighted by Crippen LogP contribution is -2.28. The van der Waals surface area contributed by atoms with Crippen molar-refractivity contribution in [3.8, 4) is 6.07 Å². The zero-order valence-corrected chi connectivity index (χ0v) is 20.4. The molecule has 3 rings (SSSR count). The molecule has 2 aliphatic rings. The Hall–Kier alpha value is -1.43. The van der Waals surface area contributed by atoms with Crippen LogP contribution >= 0.6 is 0 Å². The van der Waals surface area contributed by atoms with Gasteiger partial charge in [-0.2, -0.15) is 5.26 Å². The van der Waals surface area contributed by atoms with Crippen LogP contribution in [0.3, 0.4) is 0 Å². The Morgan fingerprint density at radius 2 is 1.38 bits per heavy atom. The number of nitrogens with zero attached hydrogens (tertiary/aromatic N) is 1. The van der Waals surface area contributed by atoms with Crippen LogP contribution in [0.25, 0.3) is 0 Å². The van der Waals surface area contributed by atoms with Crippen molar-refractivity contribution >= 4 is 0 Å². The largest absolute Gasteiger partial charge is 0.205 e. The number of halogens is 2. The molecule has 0 aromatic heterocycles. The lowest BCUT2D eigenvalue weighted by Gasteiger charge is -2.39. The molecule has 1 unspecified atom stereocenters. The highest BCUT2D eigenvalue weighted by Gasteiger charge is 2.33. The van der Waals surface area contributed by atoms with Crippen molar-refractivity contribution in [2.75, 3.05) is 0 Å². The van der Waals surface area contributed by atoms with Crippen LogP contribution < -0.4 is 0 Å². The van der Waals surface area contributed by atoms with E-state index >= 15 is 0 Å². The third-order valence-electron chi connectivity index (χ3n) is 8.76. The summed E-state index contributed by atoms with van der Waals surface area (Å²) in [6.45, 7) is 4.74. The van der Waals surface area contributed by atoms with E-state index in [1.54, 1.807) is 6.07 Å². The average molecular weight is 444 g/mol. The lowest BCUT2D eigenvalue weighted by molar-refractivity contribution is 0.131. The molecule has 1 nitrogen and oxygen atoms in total. The second-order valence-electron chi connectivity index (χ2n) is 10.8. The van der Waals surface area contributed by atoms with E-state index in [1.807, 2.05) is 0 Å². The number of hydrogen-bond acceptors (Lipinski definition) is 1. The zero-order chi connectivity index (χ0) is 22.9. The SMILES string of the molecule is CCCCCCCCC1CCC(C(C)C2CCC(c3cc(F)c(C#N)c(F)c3)CC2)CC1. The third-order valence-corrected chi connectivity index (χ3v) is 8.76. The predicted octanol–water partition coefficient (Wildman–Crippen LogP) is 9.30. The number of rotatable bonds is 10. The molecule has 2 fully saturated rings. The fourth-order valence-corrected chi connectivity index (χ4v) is 6.51. The fourth-order valence-electron chi connectivity index (χ4n) is 6.51. The second-order valence-corrected chi connectivity index (χ2v) is 10.8. The Morgan fingerprint density at radius 3 is 1.94 bits per heavy atom. The van der Waals surface area contributed by atoms with Crippen molar-refractivity contribution in [1.29, 1.82) is 5.26 Å². The number of nitriles is 1. The van der Waals surface area contributed by atoms with Gasteiger partial charge in [-0.25, -0.2) is 8.78 Å². The van der Waals surface area contributed by atoms with Crippen molar-refractivity contribution in [1.82, 2.24) is 0 Å². The molecule has 0 N–H and O–H groups in total. The smallest absolute Gasteiger partial charge is 0.144 e. The first-order valence-corrected chi connectivity index (χ1v) is 13.4. The highest BCUT2D eigenvalue weighted by atomic mass is 19.1. The van der Waals surface area contributed by atoms with Gasteiger partial charge in [0.25, 0.3) is 0 Å². The summed E-state index contributed by atoms with van der Waals surface area (Å²) in [5, 5.41) is 8.89. The van der Waals surface area contributed by atoms with Gasteiger partial charge in [0.1, 0.15) is 23.3 Å². The van der Waals surface area contributed by atoms with E-state index in [4.69, 9.17) is 5.26 Å². The molecule has 0 aliphatic heterocycles. The van der Waals surface area contributed by atoms with Gasteiger partial charge in [0.05, 0.1) is 0 Å². The van der Waals surface area contributed by atoms with Crippen molar-refractivity contribution in [2.24, 2.45) is 23.7 Å². The van der Waals surface area contributed by atoms with Crippen LogP contribution in [-0.4, -0.2) is 0 Å². The molecule has 3 heteroatoms. The molecule has 0 spiro atoms. The van der Waals surface area contributed by atoms with Crippen LogP contribution in [0, 0.1) is 46.6 Å². The molecule has 0 bridgehead atoms. The maximum absolute atomic E-state index is 14.0. The van der Waals surface area contributed by atoms with Gasteiger partial charge in [0.15, 0.2) is 0 Å². The second kappa shape index (κ2) is 12.7. The molecule has 0 saturated heterocycles. The maximum atomic E-state index is 14.0. The van der Waals surface area contributed by atoms with Gasteiger partial charge >= 0.3 is 0 Å². The standard InChI is InChI=1S/C29H43F2N/c1-3-4-5-6-7-8-9-22-10-12-23(13-11-22)21(2)24-14-16-25(17-15-24)26-18-28(30)27(20-32)29(31)19-26/h18-19,21-25H,3-17H2,1-2H3. The number of benzene rings is 1. The fraction of sp³-hybridized carbons (Fsp3) is 0.759. The molecule has 1 atom stereocenters. The van der Waals surface area contributed by atoms with E-state index in [-0.39, 0.29) is 5.92 Å².